The highest BCUT2D eigenvalue weighted by Crippen LogP contribution is 2.31. The Morgan fingerprint density at radius 1 is 1.35 bits per heavy atom. The minimum Gasteiger partial charge on any atom is -0.445 e. The molecule has 0 saturated carbocycles. The van der Waals surface area contributed by atoms with E-state index in [4.69, 9.17) is 4.74 Å². The van der Waals surface area contributed by atoms with Crippen LogP contribution in [0, 0.1) is 6.92 Å². The molecule has 134 valence electrons. The first-order chi connectivity index (χ1) is 12.6. The lowest BCUT2D eigenvalue weighted by atomic mass is 10.1. The van der Waals surface area contributed by atoms with Crippen molar-refractivity contribution in [2.24, 2.45) is 0 Å². The Kier molecular flexibility index (Phi) is 4.63. The van der Waals surface area contributed by atoms with E-state index < -0.39 is 0 Å². The van der Waals surface area contributed by atoms with Crippen molar-refractivity contribution in [3.63, 3.8) is 0 Å². The number of amides is 1. The number of hydrogen-bond acceptors (Lipinski definition) is 4. The summed E-state index contributed by atoms with van der Waals surface area (Å²) in [5.74, 6) is 1.13. The number of carbonyl (C=O) groups is 1. The Morgan fingerprint density at radius 3 is 2.96 bits per heavy atom. The lowest BCUT2D eigenvalue weighted by molar-refractivity contribution is 0.104. The zero-order chi connectivity index (χ0) is 18.1. The van der Waals surface area contributed by atoms with Gasteiger partial charge in [0.1, 0.15) is 22.6 Å². The molecule has 1 saturated heterocycles. The number of fused-ring (bicyclic) bond motifs is 1. The molecular formula is C19H19BrN4O2. The summed E-state index contributed by atoms with van der Waals surface area (Å²) in [6.07, 6.45) is 4.30. The fourth-order valence-electron chi connectivity index (χ4n) is 3.40. The van der Waals surface area contributed by atoms with Gasteiger partial charge in [0.2, 0.25) is 0 Å². The van der Waals surface area contributed by atoms with E-state index in [0.717, 1.165) is 33.6 Å². The van der Waals surface area contributed by atoms with Crippen molar-refractivity contribution in [2.75, 3.05) is 13.1 Å². The Morgan fingerprint density at radius 2 is 2.15 bits per heavy atom. The summed E-state index contributed by atoms with van der Waals surface area (Å²) >= 11 is 3.53. The van der Waals surface area contributed by atoms with E-state index in [1.165, 1.54) is 0 Å². The second kappa shape index (κ2) is 7.07. The first-order valence-corrected chi connectivity index (χ1v) is 9.37. The average molecular weight is 415 g/mol. The van der Waals surface area contributed by atoms with Crippen molar-refractivity contribution in [1.82, 2.24) is 19.3 Å². The number of halogens is 1. The predicted molar refractivity (Wildman–Crippen MR) is 101 cm³/mol. The van der Waals surface area contributed by atoms with Gasteiger partial charge in [-0.25, -0.2) is 9.78 Å². The number of likely N-dealkylation sites (tertiary alicyclic amines) is 1. The SMILES string of the molecule is Cc1nccn2c(C3CCN(C(=O)OCc4ccccc4)C3)nc(Br)c12. The maximum atomic E-state index is 12.4. The predicted octanol–water partition coefficient (Wildman–Crippen LogP) is 3.93. The monoisotopic (exact) mass is 414 g/mol. The average Bonchev–Trinajstić information content (AvgIpc) is 3.26. The number of ether oxygens (including phenoxy) is 1. The van der Waals surface area contributed by atoms with Crippen LogP contribution in [0.1, 0.15) is 29.4 Å². The molecule has 3 heterocycles. The van der Waals surface area contributed by atoms with Crippen LogP contribution < -0.4 is 0 Å². The van der Waals surface area contributed by atoms with Gasteiger partial charge in [-0.15, -0.1) is 0 Å². The van der Waals surface area contributed by atoms with Crippen molar-refractivity contribution < 1.29 is 9.53 Å². The van der Waals surface area contributed by atoms with Crippen LogP contribution in [-0.4, -0.2) is 38.5 Å². The van der Waals surface area contributed by atoms with E-state index in [0.29, 0.717) is 19.7 Å². The third-order valence-electron chi connectivity index (χ3n) is 4.74. The molecule has 0 N–H and O–H groups in total. The highest BCUT2D eigenvalue weighted by Gasteiger charge is 2.31. The van der Waals surface area contributed by atoms with Crippen molar-refractivity contribution in [3.8, 4) is 0 Å². The molecule has 3 aromatic rings. The van der Waals surface area contributed by atoms with Crippen molar-refractivity contribution in [3.05, 3.63) is 64.4 Å². The third-order valence-corrected chi connectivity index (χ3v) is 5.29. The molecule has 0 bridgehead atoms. The maximum Gasteiger partial charge on any atom is 0.410 e. The Balaban J connectivity index is 1.45. The van der Waals surface area contributed by atoms with E-state index in [1.807, 2.05) is 43.5 Å². The van der Waals surface area contributed by atoms with Crippen molar-refractivity contribution in [1.29, 1.82) is 0 Å². The van der Waals surface area contributed by atoms with Gasteiger partial charge < -0.3 is 9.64 Å². The molecule has 4 rings (SSSR count). The number of hydrogen-bond donors (Lipinski definition) is 0. The molecule has 6 nitrogen and oxygen atoms in total. The lowest BCUT2D eigenvalue weighted by Gasteiger charge is -2.16. The van der Waals surface area contributed by atoms with Crippen LogP contribution in [0.4, 0.5) is 4.79 Å². The Hall–Kier alpha value is -2.41. The van der Waals surface area contributed by atoms with E-state index in [2.05, 4.69) is 30.3 Å². The van der Waals surface area contributed by atoms with Crippen LogP contribution in [0.3, 0.4) is 0 Å². The number of aromatic nitrogens is 3. The zero-order valence-corrected chi connectivity index (χ0v) is 16.0. The summed E-state index contributed by atoms with van der Waals surface area (Å²) in [6.45, 7) is 3.55. The number of carbonyl (C=O) groups excluding carboxylic acids is 1. The molecule has 0 spiro atoms. The van der Waals surface area contributed by atoms with E-state index in [1.54, 1.807) is 11.1 Å². The van der Waals surface area contributed by atoms with Gasteiger partial charge in [-0.1, -0.05) is 30.3 Å². The molecule has 1 fully saturated rings. The smallest absolute Gasteiger partial charge is 0.410 e. The van der Waals surface area contributed by atoms with Gasteiger partial charge in [-0.2, -0.15) is 0 Å². The second-order valence-electron chi connectivity index (χ2n) is 6.46. The molecule has 1 aliphatic heterocycles. The molecule has 0 aliphatic carbocycles. The fourth-order valence-corrected chi connectivity index (χ4v) is 4.06. The summed E-state index contributed by atoms with van der Waals surface area (Å²) in [4.78, 5) is 23.1. The summed E-state index contributed by atoms with van der Waals surface area (Å²) in [5.41, 5.74) is 2.89. The van der Waals surface area contributed by atoms with Crippen LogP contribution in [0.15, 0.2) is 47.3 Å². The van der Waals surface area contributed by atoms with Gasteiger partial charge in [-0.05, 0) is 34.8 Å². The highest BCUT2D eigenvalue weighted by atomic mass is 79.9. The summed E-state index contributed by atoms with van der Waals surface area (Å²) in [5, 5.41) is 0. The molecule has 1 amide bonds. The molecule has 2 aromatic heterocycles. The molecule has 1 aliphatic rings. The summed E-state index contributed by atoms with van der Waals surface area (Å²) < 4.78 is 8.31. The molecule has 1 unspecified atom stereocenters. The van der Waals surface area contributed by atoms with E-state index in [9.17, 15) is 4.79 Å². The van der Waals surface area contributed by atoms with Gasteiger partial charge in [0.05, 0.1) is 5.69 Å². The van der Waals surface area contributed by atoms with Crippen LogP contribution >= 0.6 is 15.9 Å². The van der Waals surface area contributed by atoms with Crippen LogP contribution in [0.2, 0.25) is 0 Å². The normalized spacial score (nSPS) is 17.0. The third kappa shape index (κ3) is 3.19. The molecule has 0 radical (unpaired) electrons. The summed E-state index contributed by atoms with van der Waals surface area (Å²) in [7, 11) is 0. The van der Waals surface area contributed by atoms with Crippen molar-refractivity contribution >= 4 is 27.5 Å². The summed E-state index contributed by atoms with van der Waals surface area (Å²) in [6, 6.07) is 9.72. The number of nitrogens with zero attached hydrogens (tertiary/aromatic N) is 4. The minimum absolute atomic E-state index is 0.180. The fraction of sp³-hybridized carbons (Fsp3) is 0.316. The first kappa shape index (κ1) is 17.0. The van der Waals surface area contributed by atoms with Crippen molar-refractivity contribution in [2.45, 2.75) is 25.9 Å². The minimum atomic E-state index is -0.269. The quantitative estimate of drug-likeness (QED) is 0.651. The largest absolute Gasteiger partial charge is 0.445 e. The maximum absolute atomic E-state index is 12.4. The second-order valence-corrected chi connectivity index (χ2v) is 7.22. The molecule has 7 heteroatoms. The Labute approximate surface area is 159 Å². The van der Waals surface area contributed by atoms with E-state index >= 15 is 0 Å². The zero-order valence-electron chi connectivity index (χ0n) is 14.4. The number of imidazole rings is 1. The number of aryl methyl sites for hydroxylation is 1. The molecular weight excluding hydrogens is 396 g/mol. The number of rotatable bonds is 3. The lowest BCUT2D eigenvalue weighted by Crippen LogP contribution is -2.29. The molecule has 1 atom stereocenters. The Bertz CT molecular complexity index is 941. The van der Waals surface area contributed by atoms with E-state index in [-0.39, 0.29) is 12.0 Å². The van der Waals surface area contributed by atoms with Gasteiger partial charge >= 0.3 is 6.09 Å². The van der Waals surface area contributed by atoms with Crippen LogP contribution in [-0.2, 0) is 11.3 Å². The van der Waals surface area contributed by atoms with Gasteiger partial charge in [0, 0.05) is 31.4 Å². The van der Waals surface area contributed by atoms with Gasteiger partial charge in [0.25, 0.3) is 0 Å². The molecule has 1 aromatic carbocycles. The van der Waals surface area contributed by atoms with Crippen LogP contribution in [0.5, 0.6) is 0 Å². The van der Waals surface area contributed by atoms with Crippen LogP contribution in [0.25, 0.3) is 5.52 Å². The highest BCUT2D eigenvalue weighted by molar-refractivity contribution is 9.10. The molecule has 26 heavy (non-hydrogen) atoms. The van der Waals surface area contributed by atoms with Gasteiger partial charge in [0.15, 0.2) is 0 Å². The van der Waals surface area contributed by atoms with Gasteiger partial charge in [-0.3, -0.25) is 9.38 Å². The topological polar surface area (TPSA) is 59.7 Å². The standard InChI is InChI=1S/C19H19BrN4O2/c1-13-16-17(20)22-18(24(16)10-8-21-13)15-7-9-23(11-15)19(25)26-12-14-5-3-2-4-6-14/h2-6,8,10,15H,7,9,11-12H2,1H3. The number of benzene rings is 1. The first-order valence-electron chi connectivity index (χ1n) is 8.58.